The minimum Gasteiger partial charge on any atom is -0.493 e. The standard InChI is InChI=1S/C17H23N3O4.CH5N/c1-10(22)15(8-21)20-17(23)16(19-2)13-7-12(5-6-14(13)18)24-9-11-3-4-11;1-2/h5-8,10-11,15,22H,3-4,9,18H2,1-2H3,(H,20,23);2H2,1H3. The molecule has 2 rings (SSSR count). The second-order valence-electron chi connectivity index (χ2n) is 5.95. The SMILES string of the molecule is CN.CN=C(C(=O)NC(C=O)C(C)O)c1cc(OCC2CC2)ccc1N. The number of carbonyl (C=O) groups excluding carboxylic acids is 2. The first-order valence-electron chi connectivity index (χ1n) is 8.47. The van der Waals surface area contributed by atoms with E-state index in [9.17, 15) is 14.7 Å². The first-order chi connectivity index (χ1) is 12.5. The van der Waals surface area contributed by atoms with Crippen LogP contribution in [0.4, 0.5) is 5.69 Å². The first kappa shape index (κ1) is 21.6. The highest BCUT2D eigenvalue weighted by atomic mass is 16.5. The number of hydrogen-bond donors (Lipinski definition) is 4. The zero-order valence-electron chi connectivity index (χ0n) is 15.4. The van der Waals surface area contributed by atoms with Crippen LogP contribution in [0.25, 0.3) is 0 Å². The highest BCUT2D eigenvalue weighted by Crippen LogP contribution is 2.30. The van der Waals surface area contributed by atoms with Crippen LogP contribution in [0.5, 0.6) is 5.75 Å². The number of benzene rings is 1. The fourth-order valence-corrected chi connectivity index (χ4v) is 2.16. The lowest BCUT2D eigenvalue weighted by atomic mass is 10.1. The van der Waals surface area contributed by atoms with Crippen molar-refractivity contribution in [1.82, 2.24) is 5.32 Å². The summed E-state index contributed by atoms with van der Waals surface area (Å²) in [4.78, 5) is 27.3. The van der Waals surface area contributed by atoms with Crippen molar-refractivity contribution in [3.63, 3.8) is 0 Å². The van der Waals surface area contributed by atoms with E-state index in [-0.39, 0.29) is 5.71 Å². The van der Waals surface area contributed by atoms with Gasteiger partial charge < -0.3 is 31.4 Å². The number of nitrogens with one attached hydrogen (secondary N) is 1. The van der Waals surface area contributed by atoms with Crippen LogP contribution < -0.4 is 21.5 Å². The summed E-state index contributed by atoms with van der Waals surface area (Å²) < 4.78 is 5.70. The molecule has 8 nitrogen and oxygen atoms in total. The second-order valence-corrected chi connectivity index (χ2v) is 5.95. The smallest absolute Gasteiger partial charge is 0.270 e. The molecule has 1 fully saturated rings. The van der Waals surface area contributed by atoms with Gasteiger partial charge in [0.05, 0.1) is 12.7 Å². The molecule has 0 saturated heterocycles. The Morgan fingerprint density at radius 3 is 2.62 bits per heavy atom. The fourth-order valence-electron chi connectivity index (χ4n) is 2.16. The molecule has 144 valence electrons. The van der Waals surface area contributed by atoms with Gasteiger partial charge in [-0.2, -0.15) is 0 Å². The minimum atomic E-state index is -1.01. The van der Waals surface area contributed by atoms with E-state index in [0.29, 0.717) is 35.8 Å². The summed E-state index contributed by atoms with van der Waals surface area (Å²) in [5, 5.41) is 11.9. The van der Waals surface area contributed by atoms with Crippen LogP contribution in [0, 0.1) is 5.92 Å². The number of aliphatic hydroxyl groups excluding tert-OH is 1. The first-order valence-corrected chi connectivity index (χ1v) is 8.47. The Kier molecular flexibility index (Phi) is 8.74. The Morgan fingerprint density at radius 2 is 2.12 bits per heavy atom. The van der Waals surface area contributed by atoms with Crippen LogP contribution in [-0.2, 0) is 9.59 Å². The van der Waals surface area contributed by atoms with Gasteiger partial charge in [-0.3, -0.25) is 9.79 Å². The Labute approximate surface area is 153 Å². The van der Waals surface area contributed by atoms with E-state index in [0.717, 1.165) is 0 Å². The summed E-state index contributed by atoms with van der Waals surface area (Å²) in [6.45, 7) is 2.06. The third kappa shape index (κ3) is 6.12. The lowest BCUT2D eigenvalue weighted by Crippen LogP contribution is -2.46. The van der Waals surface area contributed by atoms with E-state index in [1.165, 1.54) is 33.9 Å². The quantitative estimate of drug-likeness (QED) is 0.293. The molecule has 6 N–H and O–H groups in total. The van der Waals surface area contributed by atoms with E-state index >= 15 is 0 Å². The minimum absolute atomic E-state index is 0.0804. The van der Waals surface area contributed by atoms with E-state index in [2.05, 4.69) is 16.0 Å². The fraction of sp³-hybridized carbons (Fsp3) is 0.500. The molecule has 0 spiro atoms. The molecule has 0 bridgehead atoms. The average molecular weight is 364 g/mol. The molecule has 26 heavy (non-hydrogen) atoms. The van der Waals surface area contributed by atoms with Crippen LogP contribution in [0.1, 0.15) is 25.3 Å². The molecular formula is C18H28N4O4. The number of nitrogen functional groups attached to an aromatic ring is 1. The second kappa shape index (κ2) is 10.5. The zero-order valence-corrected chi connectivity index (χ0v) is 15.4. The molecule has 1 saturated carbocycles. The van der Waals surface area contributed by atoms with Crippen LogP contribution in [-0.4, -0.2) is 55.9 Å². The number of hydrogen-bond acceptors (Lipinski definition) is 7. The highest BCUT2D eigenvalue weighted by molar-refractivity contribution is 6.46. The van der Waals surface area contributed by atoms with Crippen LogP contribution in [0.15, 0.2) is 23.2 Å². The van der Waals surface area contributed by atoms with Gasteiger partial charge in [0.1, 0.15) is 23.8 Å². The molecule has 1 amide bonds. The number of nitrogens with two attached hydrogens (primary N) is 2. The van der Waals surface area contributed by atoms with E-state index in [4.69, 9.17) is 10.5 Å². The van der Waals surface area contributed by atoms with E-state index in [1.807, 2.05) is 0 Å². The molecule has 1 aromatic carbocycles. The van der Waals surface area contributed by atoms with Gasteiger partial charge in [0.15, 0.2) is 0 Å². The predicted molar refractivity (Wildman–Crippen MR) is 101 cm³/mol. The molecule has 8 heteroatoms. The predicted octanol–water partition coefficient (Wildman–Crippen LogP) is 0.116. The van der Waals surface area contributed by atoms with Crippen molar-refractivity contribution in [3.8, 4) is 5.75 Å². The number of rotatable bonds is 8. The van der Waals surface area contributed by atoms with Crippen LogP contribution >= 0.6 is 0 Å². The average Bonchev–Trinajstić information content (AvgIpc) is 3.46. The molecule has 1 aliphatic carbocycles. The van der Waals surface area contributed by atoms with Gasteiger partial charge in [0.25, 0.3) is 5.91 Å². The lowest BCUT2D eigenvalue weighted by molar-refractivity contribution is -0.120. The molecular weight excluding hydrogens is 336 g/mol. The monoisotopic (exact) mass is 364 g/mol. The van der Waals surface area contributed by atoms with Crippen LogP contribution in [0.2, 0.25) is 0 Å². The summed E-state index contributed by atoms with van der Waals surface area (Å²) in [5.41, 5.74) is 11.3. The number of aldehydes is 1. The van der Waals surface area contributed by atoms with Crippen molar-refractivity contribution in [2.24, 2.45) is 16.6 Å². The van der Waals surface area contributed by atoms with Gasteiger partial charge in [0, 0.05) is 18.3 Å². The number of aliphatic hydroxyl groups is 1. The molecule has 0 heterocycles. The number of ether oxygens (including phenoxy) is 1. The van der Waals surface area contributed by atoms with Gasteiger partial charge in [-0.1, -0.05) is 0 Å². The zero-order chi connectivity index (χ0) is 19.7. The van der Waals surface area contributed by atoms with Crippen molar-refractivity contribution < 1.29 is 19.4 Å². The third-order valence-corrected chi connectivity index (χ3v) is 3.87. The molecule has 2 atom stereocenters. The van der Waals surface area contributed by atoms with E-state index < -0.39 is 18.1 Å². The Morgan fingerprint density at radius 1 is 1.46 bits per heavy atom. The Bertz CT molecular complexity index is 642. The molecule has 0 aliphatic heterocycles. The van der Waals surface area contributed by atoms with Crippen molar-refractivity contribution in [2.45, 2.75) is 31.9 Å². The molecule has 0 aromatic heterocycles. The summed E-state index contributed by atoms with van der Waals surface area (Å²) in [7, 11) is 2.96. The number of nitrogens with zero attached hydrogens (tertiary/aromatic N) is 1. The maximum atomic E-state index is 12.4. The molecule has 1 aliphatic rings. The third-order valence-electron chi connectivity index (χ3n) is 3.87. The maximum absolute atomic E-state index is 12.4. The van der Waals surface area contributed by atoms with Gasteiger partial charge in [-0.25, -0.2) is 0 Å². The molecule has 1 aromatic rings. The Balaban J connectivity index is 0.00000163. The topological polar surface area (TPSA) is 140 Å². The van der Waals surface area contributed by atoms with Gasteiger partial charge >= 0.3 is 0 Å². The van der Waals surface area contributed by atoms with Gasteiger partial charge in [-0.15, -0.1) is 0 Å². The number of anilines is 1. The number of aliphatic imine (C=N–C) groups is 1. The maximum Gasteiger partial charge on any atom is 0.270 e. The number of amides is 1. The summed E-state index contributed by atoms with van der Waals surface area (Å²) in [6.07, 6.45) is 1.83. The van der Waals surface area contributed by atoms with E-state index in [1.54, 1.807) is 18.2 Å². The lowest BCUT2D eigenvalue weighted by Gasteiger charge is -2.17. The summed E-state index contributed by atoms with van der Waals surface area (Å²) in [6, 6.07) is 4.06. The summed E-state index contributed by atoms with van der Waals surface area (Å²) >= 11 is 0. The van der Waals surface area contributed by atoms with Crippen molar-refractivity contribution in [2.75, 3.05) is 26.4 Å². The van der Waals surface area contributed by atoms with Crippen molar-refractivity contribution in [1.29, 1.82) is 0 Å². The molecule has 0 radical (unpaired) electrons. The normalized spacial score (nSPS) is 16.0. The van der Waals surface area contributed by atoms with Crippen LogP contribution in [0.3, 0.4) is 0 Å². The highest BCUT2D eigenvalue weighted by Gasteiger charge is 2.24. The summed E-state index contributed by atoms with van der Waals surface area (Å²) in [5.74, 6) is 0.636. The van der Waals surface area contributed by atoms with Crippen molar-refractivity contribution in [3.05, 3.63) is 23.8 Å². The largest absolute Gasteiger partial charge is 0.493 e. The number of carbonyl (C=O) groups is 2. The molecule has 2 unspecified atom stereocenters. The Hall–Kier alpha value is -2.45. The van der Waals surface area contributed by atoms with Gasteiger partial charge in [0.2, 0.25) is 0 Å². The van der Waals surface area contributed by atoms with Crippen molar-refractivity contribution >= 4 is 23.6 Å². The van der Waals surface area contributed by atoms with Gasteiger partial charge in [-0.05, 0) is 50.9 Å².